The van der Waals surface area contributed by atoms with Gasteiger partial charge in [-0.25, -0.2) is 9.59 Å². The summed E-state index contributed by atoms with van der Waals surface area (Å²) in [5, 5.41) is 8.64. The molecule has 0 fully saturated rings. The number of esters is 1. The van der Waals surface area contributed by atoms with E-state index in [1.54, 1.807) is 0 Å². The van der Waals surface area contributed by atoms with Gasteiger partial charge in [0, 0.05) is 24.0 Å². The van der Waals surface area contributed by atoms with E-state index in [2.05, 4.69) is 60.8 Å². The Morgan fingerprint density at radius 2 is 1.55 bits per heavy atom. The van der Waals surface area contributed by atoms with Gasteiger partial charge >= 0.3 is 11.9 Å². The van der Waals surface area contributed by atoms with Gasteiger partial charge in [0.05, 0.1) is 14.7 Å². The van der Waals surface area contributed by atoms with Crippen molar-refractivity contribution in [3.8, 4) is 0 Å². The number of carbonyl (C=O) groups excluding carboxylic acids is 1. The van der Waals surface area contributed by atoms with Crippen LogP contribution >= 0.6 is 0 Å². The Bertz CT molecular complexity index is 634. The van der Waals surface area contributed by atoms with E-state index in [-0.39, 0.29) is 16.9 Å². The van der Waals surface area contributed by atoms with Crippen LogP contribution in [0.25, 0.3) is 0 Å². The fraction of sp³-hybridized carbons (Fsp3) is 0.840. The van der Waals surface area contributed by atoms with E-state index in [4.69, 9.17) is 19.0 Å². The van der Waals surface area contributed by atoms with Crippen LogP contribution < -0.4 is 0 Å². The topological polar surface area (TPSA) is 82.1 Å². The molecule has 0 radical (unpaired) electrons. The van der Waals surface area contributed by atoms with Crippen molar-refractivity contribution in [1.29, 1.82) is 0 Å². The van der Waals surface area contributed by atoms with Crippen molar-refractivity contribution >= 4 is 28.3 Å². The van der Waals surface area contributed by atoms with Gasteiger partial charge in [-0.15, -0.1) is 0 Å². The minimum absolute atomic E-state index is 0.0101. The van der Waals surface area contributed by atoms with Crippen molar-refractivity contribution in [3.05, 3.63) is 12.2 Å². The number of carbonyl (C=O) groups is 2. The van der Waals surface area contributed by atoms with Gasteiger partial charge in [0.15, 0.2) is 8.32 Å². The van der Waals surface area contributed by atoms with Crippen molar-refractivity contribution < 1.29 is 28.6 Å². The monoisotopic (exact) mass is 502 g/mol. The SMILES string of the molecule is CCCC[Si](C)(C)C(C)(CC)O[Si](C)(C)C(C)(CC)CCCOCCOC(=O)/C=C\C(=O)O. The van der Waals surface area contributed by atoms with Crippen LogP contribution in [0.2, 0.25) is 37.3 Å². The molecule has 0 aliphatic heterocycles. The Labute approximate surface area is 204 Å². The van der Waals surface area contributed by atoms with E-state index < -0.39 is 28.3 Å². The number of carboxylic acids is 1. The summed E-state index contributed by atoms with van der Waals surface area (Å²) in [4.78, 5) is 21.7. The predicted molar refractivity (Wildman–Crippen MR) is 141 cm³/mol. The van der Waals surface area contributed by atoms with Crippen molar-refractivity contribution in [2.45, 2.75) is 116 Å². The number of rotatable bonds is 18. The summed E-state index contributed by atoms with van der Waals surface area (Å²) in [6, 6.07) is 1.31. The number of aliphatic carboxylic acids is 1. The average molecular weight is 503 g/mol. The van der Waals surface area contributed by atoms with Crippen LogP contribution in [0.5, 0.6) is 0 Å². The summed E-state index contributed by atoms with van der Waals surface area (Å²) >= 11 is 0. The zero-order valence-corrected chi connectivity index (χ0v) is 24.7. The molecule has 0 aliphatic carbocycles. The third-order valence-corrected chi connectivity index (χ3v) is 17.4. The summed E-state index contributed by atoms with van der Waals surface area (Å²) in [6.45, 7) is 22.4. The third kappa shape index (κ3) is 10.4. The van der Waals surface area contributed by atoms with E-state index in [0.717, 1.165) is 37.8 Å². The highest BCUT2D eigenvalue weighted by atomic mass is 28.4. The van der Waals surface area contributed by atoms with Gasteiger partial charge in [-0.3, -0.25) is 0 Å². The molecule has 2 unspecified atom stereocenters. The molecule has 194 valence electrons. The van der Waals surface area contributed by atoms with Crippen molar-refractivity contribution in [2.24, 2.45) is 0 Å². The summed E-state index contributed by atoms with van der Waals surface area (Å²) in [5.41, 5.74) is 0. The maximum absolute atomic E-state index is 11.4. The maximum atomic E-state index is 11.4. The molecule has 0 aromatic carbocycles. The first kappa shape index (κ1) is 32.0. The quantitative estimate of drug-likeness (QED) is 0.0987. The molecule has 2 atom stereocenters. The van der Waals surface area contributed by atoms with E-state index >= 15 is 0 Å². The van der Waals surface area contributed by atoms with Crippen molar-refractivity contribution in [2.75, 3.05) is 19.8 Å². The minimum Gasteiger partial charge on any atom is -0.478 e. The second-order valence-electron chi connectivity index (χ2n) is 10.7. The molecule has 0 spiro atoms. The lowest BCUT2D eigenvalue weighted by Gasteiger charge is -2.52. The molecule has 0 saturated carbocycles. The van der Waals surface area contributed by atoms with Crippen molar-refractivity contribution in [1.82, 2.24) is 0 Å². The first-order valence-corrected chi connectivity index (χ1v) is 18.7. The predicted octanol–water partition coefficient (Wildman–Crippen LogP) is 6.58. The van der Waals surface area contributed by atoms with Gasteiger partial charge < -0.3 is 19.0 Å². The second-order valence-corrected chi connectivity index (χ2v) is 20.4. The molecule has 0 aromatic rings. The average Bonchev–Trinajstić information content (AvgIpc) is 2.74. The molecule has 0 saturated heterocycles. The zero-order valence-electron chi connectivity index (χ0n) is 22.7. The lowest BCUT2D eigenvalue weighted by Crippen LogP contribution is -2.60. The molecule has 0 aromatic heterocycles. The highest BCUT2D eigenvalue weighted by Gasteiger charge is 2.51. The largest absolute Gasteiger partial charge is 0.478 e. The number of hydrogen-bond donors (Lipinski definition) is 1. The maximum Gasteiger partial charge on any atom is 0.331 e. The normalized spacial score (nSPS) is 16.4. The van der Waals surface area contributed by atoms with E-state index in [1.807, 2.05) is 0 Å². The first-order chi connectivity index (χ1) is 15.2. The Balaban J connectivity index is 4.79. The lowest BCUT2D eigenvalue weighted by atomic mass is 10.0. The van der Waals surface area contributed by atoms with Crippen LogP contribution in [0.4, 0.5) is 0 Å². The number of ether oxygens (including phenoxy) is 2. The molecular formula is C25H50O6Si2. The Morgan fingerprint density at radius 1 is 0.909 bits per heavy atom. The Kier molecular flexibility index (Phi) is 14.0. The summed E-state index contributed by atoms with van der Waals surface area (Å²) < 4.78 is 17.8. The molecular weight excluding hydrogens is 452 g/mol. The molecule has 8 heteroatoms. The smallest absolute Gasteiger partial charge is 0.331 e. The lowest BCUT2D eigenvalue weighted by molar-refractivity contribution is -0.140. The number of unbranched alkanes of at least 4 members (excludes halogenated alkanes) is 1. The summed E-state index contributed by atoms with van der Waals surface area (Å²) in [6.07, 6.45) is 8.30. The molecule has 0 rings (SSSR count). The molecule has 33 heavy (non-hydrogen) atoms. The van der Waals surface area contributed by atoms with Gasteiger partial charge in [-0.2, -0.15) is 0 Å². The highest BCUT2D eigenvalue weighted by Crippen LogP contribution is 2.49. The third-order valence-electron chi connectivity index (χ3n) is 7.83. The van der Waals surface area contributed by atoms with Gasteiger partial charge in [0.25, 0.3) is 0 Å². The van der Waals surface area contributed by atoms with Crippen LogP contribution in [-0.2, 0) is 23.5 Å². The van der Waals surface area contributed by atoms with Gasteiger partial charge in [0.2, 0.25) is 0 Å². The number of carboxylic acid groups (broad SMARTS) is 1. The van der Waals surface area contributed by atoms with E-state index in [9.17, 15) is 9.59 Å². The van der Waals surface area contributed by atoms with Crippen LogP contribution in [0, 0.1) is 0 Å². The van der Waals surface area contributed by atoms with E-state index in [0.29, 0.717) is 13.2 Å². The van der Waals surface area contributed by atoms with Crippen LogP contribution in [0.3, 0.4) is 0 Å². The van der Waals surface area contributed by atoms with Crippen molar-refractivity contribution in [3.63, 3.8) is 0 Å². The molecule has 0 amide bonds. The van der Waals surface area contributed by atoms with E-state index in [1.165, 1.54) is 18.9 Å². The Hall–Kier alpha value is -0.966. The highest BCUT2D eigenvalue weighted by molar-refractivity contribution is 6.82. The first-order valence-electron chi connectivity index (χ1n) is 12.6. The molecule has 0 aliphatic rings. The summed E-state index contributed by atoms with van der Waals surface area (Å²) in [7, 11) is -3.56. The van der Waals surface area contributed by atoms with Crippen LogP contribution in [0.1, 0.15) is 73.1 Å². The standard InChI is InChI=1S/C25H50O6Si2/c1-10-13-21-32(6,7)25(5,12-3)31-33(8,9)24(4,11-2)17-14-18-29-19-20-30-23(28)16-15-22(26)27/h15-16H,10-14,17-21H2,1-9H3,(H,26,27)/b16-15-. The van der Waals surface area contributed by atoms with Crippen LogP contribution in [-0.4, -0.2) is 58.5 Å². The Morgan fingerprint density at radius 3 is 2.06 bits per heavy atom. The van der Waals surface area contributed by atoms with Crippen LogP contribution in [0.15, 0.2) is 12.2 Å². The second kappa shape index (κ2) is 14.4. The number of hydrogen-bond acceptors (Lipinski definition) is 5. The fourth-order valence-corrected chi connectivity index (χ4v) is 12.0. The minimum atomic E-state index is -2.02. The van der Waals surface area contributed by atoms with Gasteiger partial charge in [-0.1, -0.05) is 66.1 Å². The molecule has 1 N–H and O–H groups in total. The van der Waals surface area contributed by atoms with Gasteiger partial charge in [-0.05, 0) is 44.3 Å². The summed E-state index contributed by atoms with van der Waals surface area (Å²) in [5.74, 6) is -1.85. The van der Waals surface area contributed by atoms with Gasteiger partial charge in [0.1, 0.15) is 6.61 Å². The molecule has 6 nitrogen and oxygen atoms in total. The fourth-order valence-electron chi connectivity index (χ4n) is 4.22. The molecule has 0 bridgehead atoms. The molecule has 0 heterocycles. The zero-order chi connectivity index (χ0) is 25.8.